The Labute approximate surface area is 101 Å². The van der Waals surface area contributed by atoms with Crippen molar-refractivity contribution in [1.82, 2.24) is 0 Å². The summed E-state index contributed by atoms with van der Waals surface area (Å²) in [6.07, 6.45) is 4.79. The van der Waals surface area contributed by atoms with Crippen LogP contribution in [0.15, 0.2) is 28.2 Å². The van der Waals surface area contributed by atoms with Gasteiger partial charge in [-0.25, -0.2) is 0 Å². The third-order valence-electron chi connectivity index (χ3n) is 3.65. The van der Waals surface area contributed by atoms with E-state index in [9.17, 15) is 0 Å². The number of hydrogen-bond donors (Lipinski definition) is 0. The second-order valence-corrected chi connectivity index (χ2v) is 4.64. The Morgan fingerprint density at radius 1 is 1.29 bits per heavy atom. The average Bonchev–Trinajstić information content (AvgIpc) is 2.37. The largest absolute Gasteiger partial charge is 0.490 e. The number of fused-ring (bicyclic) bond motifs is 2. The van der Waals surface area contributed by atoms with Gasteiger partial charge in [0.05, 0.1) is 12.0 Å². The third kappa shape index (κ3) is 1.67. The van der Waals surface area contributed by atoms with Crippen molar-refractivity contribution in [3.05, 3.63) is 23.2 Å². The van der Waals surface area contributed by atoms with Crippen molar-refractivity contribution >= 4 is 6.21 Å². The van der Waals surface area contributed by atoms with E-state index in [-0.39, 0.29) is 18.1 Å². The second kappa shape index (κ2) is 4.18. The zero-order valence-electron chi connectivity index (χ0n) is 10.2. The molecule has 0 aromatic rings. The molecule has 0 bridgehead atoms. The van der Waals surface area contributed by atoms with Crippen LogP contribution in [0.25, 0.3) is 0 Å². The van der Waals surface area contributed by atoms with Gasteiger partial charge in [0, 0.05) is 19.7 Å². The summed E-state index contributed by atoms with van der Waals surface area (Å²) in [6, 6.07) is 0.227. The lowest BCUT2D eigenvalue weighted by Crippen LogP contribution is -2.40. The lowest BCUT2D eigenvalue weighted by Gasteiger charge is -2.40. The average molecular weight is 235 g/mol. The molecule has 1 aliphatic carbocycles. The van der Waals surface area contributed by atoms with Crippen LogP contribution < -0.4 is 0 Å². The number of nitrogens with zero attached hydrogens (tertiary/aromatic N) is 1. The van der Waals surface area contributed by atoms with Crippen molar-refractivity contribution in [2.45, 2.75) is 25.5 Å². The molecule has 0 aromatic heterocycles. The van der Waals surface area contributed by atoms with Crippen LogP contribution in [0.4, 0.5) is 0 Å². The van der Waals surface area contributed by atoms with Crippen LogP contribution in [0.5, 0.6) is 0 Å². The van der Waals surface area contributed by atoms with E-state index in [1.165, 1.54) is 5.57 Å². The maximum Gasteiger partial charge on any atom is 0.163 e. The van der Waals surface area contributed by atoms with E-state index in [2.05, 4.69) is 18.0 Å². The van der Waals surface area contributed by atoms with Gasteiger partial charge in [0.1, 0.15) is 25.1 Å². The molecule has 0 saturated carbocycles. The summed E-state index contributed by atoms with van der Waals surface area (Å²) in [4.78, 5) is 4.54. The van der Waals surface area contributed by atoms with E-state index < -0.39 is 0 Å². The van der Waals surface area contributed by atoms with E-state index in [1.54, 1.807) is 7.11 Å². The monoisotopic (exact) mass is 235 g/mol. The number of allylic oxidation sites excluding steroid dienone is 1. The summed E-state index contributed by atoms with van der Waals surface area (Å²) in [5.41, 5.74) is 1.29. The van der Waals surface area contributed by atoms with Gasteiger partial charge in [0.2, 0.25) is 0 Å². The summed E-state index contributed by atoms with van der Waals surface area (Å²) >= 11 is 0. The first-order valence-electron chi connectivity index (χ1n) is 6.03. The van der Waals surface area contributed by atoms with Crippen LogP contribution >= 0.6 is 0 Å². The van der Waals surface area contributed by atoms with Crippen LogP contribution in [0.2, 0.25) is 0 Å². The minimum atomic E-state index is -0.0189. The fourth-order valence-electron chi connectivity index (χ4n) is 2.81. The summed E-state index contributed by atoms with van der Waals surface area (Å²) in [5.74, 6) is 2.05. The molecule has 0 spiro atoms. The Kier molecular flexibility index (Phi) is 2.67. The second-order valence-electron chi connectivity index (χ2n) is 4.64. The molecule has 92 valence electrons. The predicted octanol–water partition coefficient (Wildman–Crippen LogP) is 1.68. The molecular weight excluding hydrogens is 218 g/mol. The van der Waals surface area contributed by atoms with E-state index in [4.69, 9.17) is 14.2 Å². The Balaban J connectivity index is 2.03. The molecule has 3 aliphatic rings. The van der Waals surface area contributed by atoms with E-state index >= 15 is 0 Å². The number of rotatable bonds is 1. The molecule has 0 amide bonds. The fraction of sp³-hybridized carbons (Fsp3) is 0.615. The quantitative estimate of drug-likeness (QED) is 0.694. The Bertz CT molecular complexity index is 411. The van der Waals surface area contributed by atoms with Crippen molar-refractivity contribution in [3.63, 3.8) is 0 Å². The normalized spacial score (nSPS) is 35.4. The number of aliphatic imine (C=N–C) groups is 1. The molecule has 0 N–H and O–H groups in total. The predicted molar refractivity (Wildman–Crippen MR) is 63.9 cm³/mol. The zero-order valence-corrected chi connectivity index (χ0v) is 10.2. The first-order chi connectivity index (χ1) is 8.31. The highest BCUT2D eigenvalue weighted by Gasteiger charge is 2.42. The topological polar surface area (TPSA) is 40.0 Å². The first-order valence-corrected chi connectivity index (χ1v) is 6.03. The highest BCUT2D eigenvalue weighted by Crippen LogP contribution is 2.41. The Morgan fingerprint density at radius 3 is 2.82 bits per heavy atom. The molecule has 4 heteroatoms. The van der Waals surface area contributed by atoms with Crippen molar-refractivity contribution in [2.24, 2.45) is 10.9 Å². The van der Waals surface area contributed by atoms with Gasteiger partial charge in [-0.3, -0.25) is 4.99 Å². The number of methoxy groups -OCH3 is 1. The smallest absolute Gasteiger partial charge is 0.163 e. The molecule has 0 saturated heterocycles. The van der Waals surface area contributed by atoms with Crippen LogP contribution in [0.1, 0.15) is 13.3 Å². The molecule has 2 heterocycles. The highest BCUT2D eigenvalue weighted by molar-refractivity contribution is 5.74. The lowest BCUT2D eigenvalue weighted by atomic mass is 9.80. The van der Waals surface area contributed by atoms with Crippen LogP contribution in [0, 0.1) is 5.92 Å². The first kappa shape index (κ1) is 10.8. The summed E-state index contributed by atoms with van der Waals surface area (Å²) in [6.45, 7) is 3.36. The molecule has 0 fully saturated rings. The minimum Gasteiger partial charge on any atom is -0.490 e. The van der Waals surface area contributed by atoms with Gasteiger partial charge in [-0.05, 0) is 13.0 Å². The van der Waals surface area contributed by atoms with Crippen molar-refractivity contribution < 1.29 is 14.2 Å². The van der Waals surface area contributed by atoms with Gasteiger partial charge < -0.3 is 14.2 Å². The van der Waals surface area contributed by atoms with E-state index in [0.717, 1.165) is 17.9 Å². The van der Waals surface area contributed by atoms with Gasteiger partial charge >= 0.3 is 0 Å². The molecule has 4 nitrogen and oxygen atoms in total. The van der Waals surface area contributed by atoms with Gasteiger partial charge in [-0.15, -0.1) is 0 Å². The van der Waals surface area contributed by atoms with Crippen molar-refractivity contribution in [3.8, 4) is 0 Å². The molecule has 0 aromatic carbocycles. The minimum absolute atomic E-state index is 0.0189. The van der Waals surface area contributed by atoms with Crippen LogP contribution in [-0.4, -0.2) is 38.7 Å². The van der Waals surface area contributed by atoms with E-state index in [1.807, 2.05) is 6.21 Å². The molecule has 2 aliphatic heterocycles. The van der Waals surface area contributed by atoms with Gasteiger partial charge in [0.15, 0.2) is 5.76 Å². The fourth-order valence-corrected chi connectivity index (χ4v) is 2.81. The summed E-state index contributed by atoms with van der Waals surface area (Å²) in [5, 5.41) is 0. The van der Waals surface area contributed by atoms with Gasteiger partial charge in [-0.2, -0.15) is 0 Å². The third-order valence-corrected chi connectivity index (χ3v) is 3.65. The number of dihydropyridines is 1. The molecule has 3 atom stereocenters. The summed E-state index contributed by atoms with van der Waals surface area (Å²) in [7, 11) is 1.71. The van der Waals surface area contributed by atoms with Crippen molar-refractivity contribution in [2.75, 3.05) is 20.3 Å². The van der Waals surface area contributed by atoms with Crippen LogP contribution in [-0.2, 0) is 14.2 Å². The number of ether oxygens (including phenoxy) is 3. The van der Waals surface area contributed by atoms with Crippen LogP contribution in [0.3, 0.4) is 0 Å². The van der Waals surface area contributed by atoms with Gasteiger partial charge in [0.25, 0.3) is 0 Å². The SMILES string of the molecule is COC1CC2N=CC=C(C)C2C2=C1OCCO2. The maximum absolute atomic E-state index is 5.81. The lowest BCUT2D eigenvalue weighted by molar-refractivity contribution is -0.0263. The van der Waals surface area contributed by atoms with Gasteiger partial charge in [-0.1, -0.05) is 5.57 Å². The Hall–Kier alpha value is -1.29. The molecule has 0 radical (unpaired) electrons. The summed E-state index contributed by atoms with van der Waals surface area (Å²) < 4.78 is 17.0. The maximum atomic E-state index is 5.81. The molecule has 3 rings (SSSR count). The number of hydrogen-bond acceptors (Lipinski definition) is 4. The van der Waals surface area contributed by atoms with Crippen molar-refractivity contribution in [1.29, 1.82) is 0 Å². The standard InChI is InChI=1S/C13H17NO3/c1-8-3-4-14-9-7-10(15-2)12-13(11(8)9)17-6-5-16-12/h3-4,9-11H,5-7H2,1-2H3. The molecule has 3 unspecified atom stereocenters. The molecule has 17 heavy (non-hydrogen) atoms. The van der Waals surface area contributed by atoms with E-state index in [0.29, 0.717) is 13.2 Å². The molecular formula is C13H17NO3. The zero-order chi connectivity index (χ0) is 11.8. The highest BCUT2D eigenvalue weighted by atomic mass is 16.6. The Morgan fingerprint density at radius 2 is 2.06 bits per heavy atom.